The van der Waals surface area contributed by atoms with Crippen molar-refractivity contribution in [1.82, 2.24) is 50.4 Å². The van der Waals surface area contributed by atoms with Crippen LogP contribution in [-0.4, -0.2) is 163 Å². The van der Waals surface area contributed by atoms with E-state index in [2.05, 4.69) is 30.6 Å². The van der Waals surface area contributed by atoms with Gasteiger partial charge in [-0.05, 0) is 104 Å². The molecule has 3 amide bonds. The van der Waals surface area contributed by atoms with E-state index < -0.39 is 30.0 Å². The molecule has 0 spiro atoms. The maximum absolute atomic E-state index is 17.2. The smallest absolute Gasteiger partial charge is 0.409 e. The lowest BCUT2D eigenvalue weighted by Crippen LogP contribution is -2.51. The molecular weight excluding hydrogens is 1110 g/mol. The van der Waals surface area contributed by atoms with Crippen molar-refractivity contribution >= 4 is 56.7 Å². The predicted octanol–water partition coefficient (Wildman–Crippen LogP) is 8.71. The number of hydrogen-bond acceptors (Lipinski definition) is 18. The van der Waals surface area contributed by atoms with Gasteiger partial charge >= 0.3 is 12.1 Å². The normalized spacial score (nSPS) is 22.6. The number of aromatic hydroxyl groups is 1. The van der Waals surface area contributed by atoms with E-state index in [9.17, 15) is 24.6 Å². The number of anilines is 1. The van der Waals surface area contributed by atoms with Crippen molar-refractivity contribution in [3.63, 3.8) is 0 Å². The second-order valence-corrected chi connectivity index (χ2v) is 24.8. The highest BCUT2D eigenvalue weighted by atomic mass is 32.1. The second-order valence-electron chi connectivity index (χ2n) is 24.0. The zero-order valence-corrected chi connectivity index (χ0v) is 49.7. The number of likely N-dealkylation sites (N-methyl/N-ethyl adjacent to an activating group) is 1. The van der Waals surface area contributed by atoms with Crippen molar-refractivity contribution in [3.05, 3.63) is 101 Å². The first-order valence-electron chi connectivity index (χ1n) is 29.9. The molecule has 0 radical (unpaired) electrons. The predicted molar refractivity (Wildman–Crippen MR) is 319 cm³/mol. The molecule has 0 unspecified atom stereocenters. The maximum atomic E-state index is 17.2. The highest BCUT2D eigenvalue weighted by Crippen LogP contribution is 2.40. The molecule has 5 fully saturated rings. The van der Waals surface area contributed by atoms with E-state index in [-0.39, 0.29) is 97.0 Å². The molecule has 4 N–H and O–H groups in total. The number of nitrogens with zero attached hydrogens (tertiary/aromatic N) is 9. The molecule has 3 aromatic carbocycles. The molecule has 0 aliphatic carbocycles. The van der Waals surface area contributed by atoms with Gasteiger partial charge < -0.3 is 54.3 Å². The molecule has 12 rings (SSSR count). The van der Waals surface area contributed by atoms with Gasteiger partial charge in [0.1, 0.15) is 54.1 Å². The molecule has 0 saturated carbocycles. The van der Waals surface area contributed by atoms with Crippen molar-refractivity contribution in [2.75, 3.05) is 57.9 Å². The lowest BCUT2D eigenvalue weighted by Gasteiger charge is -2.34. The molecule has 4 aromatic heterocycles. The van der Waals surface area contributed by atoms with E-state index in [1.54, 1.807) is 40.6 Å². The van der Waals surface area contributed by atoms with Crippen molar-refractivity contribution < 1.29 is 47.7 Å². The first kappa shape index (κ1) is 57.9. The fourth-order valence-corrected chi connectivity index (χ4v) is 14.1. The maximum Gasteiger partial charge on any atom is 0.409 e. The van der Waals surface area contributed by atoms with Crippen LogP contribution in [0.1, 0.15) is 107 Å². The molecule has 5 saturated heterocycles. The van der Waals surface area contributed by atoms with Gasteiger partial charge in [0.25, 0.3) is 5.88 Å². The van der Waals surface area contributed by atoms with Crippen LogP contribution in [-0.2, 0) is 20.7 Å². The van der Waals surface area contributed by atoms with Crippen molar-refractivity contribution in [2.45, 2.75) is 140 Å². The molecule has 20 nitrogen and oxygen atoms in total. The van der Waals surface area contributed by atoms with Gasteiger partial charge in [0, 0.05) is 94.0 Å². The number of fused-ring (bicyclic) bond motifs is 4. The molecule has 22 heteroatoms. The number of pyridine rings is 1. The zero-order valence-electron chi connectivity index (χ0n) is 48.9. The number of phenolic OH excluding ortho intramolecular Hbond substituents is 1. The standard InChI is InChI=1S/C63H74FN11O9S/c1-7-37-9-8-10-40-23-45(76)24-48(54(37)40)56-55(64)57-49(27-65-56)59(74-28-41-15-16-42(29-74)68-41)70-62(69-57)81-31-43-17-18-44(72(43)6)32-82-63(80)73-21-19-47(20-22-73)83-52-26-51(84-71-52)53(34(2)3)61(79)75-30-46(77)25-50(75)60(78)67-35(4)38-11-13-39(14-12-38)58-36(5)66-33-85-58/h8-14,23-24,26-27,33-35,41-44,46-47,50,53,68,76-77H,7,15-22,25,28-32H2,1-6H3,(H,67,78)/t35-,41-,42+,43-,44-,46+,50-,53-/m0/s1. The van der Waals surface area contributed by atoms with E-state index in [4.69, 9.17) is 33.7 Å². The number of aliphatic hydroxyl groups excluding tert-OH is 1. The number of rotatable bonds is 17. The van der Waals surface area contributed by atoms with Gasteiger partial charge in [0.15, 0.2) is 11.6 Å². The summed E-state index contributed by atoms with van der Waals surface area (Å²) < 4.78 is 41.6. The van der Waals surface area contributed by atoms with Crippen LogP contribution in [0, 0.1) is 18.7 Å². The summed E-state index contributed by atoms with van der Waals surface area (Å²) in [5.41, 5.74) is 6.44. The topological polar surface area (TPSA) is 234 Å². The molecule has 9 heterocycles. The first-order chi connectivity index (χ1) is 41.1. The molecule has 2 bridgehead atoms. The number of ether oxygens (including phenoxy) is 3. The Kier molecular flexibility index (Phi) is 16.6. The molecule has 8 atom stereocenters. The summed E-state index contributed by atoms with van der Waals surface area (Å²) in [6, 6.07) is 18.0. The number of hydrogen-bond donors (Lipinski definition) is 4. The quantitative estimate of drug-likeness (QED) is 0.0667. The number of aromatic nitrogens is 5. The number of nitrogens with one attached hydrogen (secondary N) is 2. The number of halogens is 1. The van der Waals surface area contributed by atoms with E-state index in [0.29, 0.717) is 80.1 Å². The van der Waals surface area contributed by atoms with Crippen LogP contribution in [0.5, 0.6) is 17.6 Å². The number of benzene rings is 3. The van der Waals surface area contributed by atoms with Crippen molar-refractivity contribution in [2.24, 2.45) is 5.92 Å². The summed E-state index contributed by atoms with van der Waals surface area (Å²) in [6.07, 6.45) is 5.62. The van der Waals surface area contributed by atoms with Crippen molar-refractivity contribution in [1.29, 1.82) is 0 Å². The number of aliphatic hydroxyl groups is 1. The summed E-state index contributed by atoms with van der Waals surface area (Å²) in [5.74, 6) is -1.21. The van der Waals surface area contributed by atoms with Gasteiger partial charge in [-0.15, -0.1) is 11.3 Å². The molecule has 448 valence electrons. The molecule has 85 heavy (non-hydrogen) atoms. The third kappa shape index (κ3) is 11.9. The van der Waals surface area contributed by atoms with Gasteiger partial charge in [-0.2, -0.15) is 9.97 Å². The number of piperazine rings is 1. The van der Waals surface area contributed by atoms with Gasteiger partial charge in [-0.1, -0.05) is 63.2 Å². The summed E-state index contributed by atoms with van der Waals surface area (Å²) in [7, 11) is 1.99. The van der Waals surface area contributed by atoms with E-state index in [1.807, 2.05) is 89.6 Å². The lowest BCUT2D eigenvalue weighted by atomic mass is 9.91. The highest BCUT2D eigenvalue weighted by Gasteiger charge is 2.44. The SMILES string of the molecule is CCc1cccc2cc(O)cc(-c3ncc4c(N5C[C@H]6CC[C@@H](C5)N6)nc(OC[C@@H]5CC[C@@H](COC(=O)N6CCC(Oc7cc([C@@H](C(=O)N8C[C@H](O)C[C@H]8C(=O)N[C@@H](C)c8ccc(-c9scnc9C)cc8)C(C)C)on7)CC6)N5C)nc4c3F)c12. The Hall–Kier alpha value is -7.53. The van der Waals surface area contributed by atoms with E-state index >= 15 is 4.39 Å². The Labute approximate surface area is 497 Å². The monoisotopic (exact) mass is 1180 g/mol. The van der Waals surface area contributed by atoms with Gasteiger partial charge in [-0.25, -0.2) is 14.2 Å². The third-order valence-electron chi connectivity index (χ3n) is 18.0. The van der Waals surface area contributed by atoms with Crippen LogP contribution in [0.3, 0.4) is 0 Å². The fourth-order valence-electron chi connectivity index (χ4n) is 13.3. The van der Waals surface area contributed by atoms with Gasteiger partial charge in [-0.3, -0.25) is 19.5 Å². The average Bonchev–Trinajstić information content (AvgIpc) is 3.00. The third-order valence-corrected chi connectivity index (χ3v) is 19.0. The zero-order chi connectivity index (χ0) is 59.2. The number of β-amino-alcohol motifs (C(OH)–C–C–N with tert-alkyl or cyclic N) is 1. The molecule has 7 aromatic rings. The number of phenols is 1. The molecular formula is C63H74FN11O9S. The van der Waals surface area contributed by atoms with Crippen LogP contribution in [0.15, 0.2) is 76.9 Å². The summed E-state index contributed by atoms with van der Waals surface area (Å²) in [6.45, 7) is 12.4. The van der Waals surface area contributed by atoms with Crippen LogP contribution in [0.25, 0.3) is 43.4 Å². The number of carbonyl (C=O) groups is 3. The number of carbonyl (C=O) groups excluding carboxylic acids is 3. The van der Waals surface area contributed by atoms with Crippen LogP contribution >= 0.6 is 11.3 Å². The summed E-state index contributed by atoms with van der Waals surface area (Å²) in [4.78, 5) is 69.0. The van der Waals surface area contributed by atoms with Crippen LogP contribution < -0.4 is 25.0 Å². The van der Waals surface area contributed by atoms with E-state index in [1.165, 1.54) is 4.90 Å². The van der Waals surface area contributed by atoms with Crippen LogP contribution in [0.4, 0.5) is 15.0 Å². The van der Waals surface area contributed by atoms with Gasteiger partial charge in [0.05, 0.1) is 33.6 Å². The Morgan fingerprint density at radius 1 is 0.929 bits per heavy atom. The number of piperidine rings is 1. The number of likely N-dealkylation sites (tertiary alicyclic amines) is 3. The van der Waals surface area contributed by atoms with Crippen molar-refractivity contribution in [3.8, 4) is 39.3 Å². The second kappa shape index (κ2) is 24.4. The minimum absolute atomic E-state index is 0.0111. The Bertz CT molecular complexity index is 3580. The number of aryl methyl sites for hydroxylation is 2. The average molecular weight is 1180 g/mol. The Morgan fingerprint density at radius 3 is 2.40 bits per heavy atom. The minimum atomic E-state index is -0.875. The van der Waals surface area contributed by atoms with Crippen LogP contribution in [0.2, 0.25) is 0 Å². The fraction of sp³-hybridized carbons (Fsp3) is 0.492. The largest absolute Gasteiger partial charge is 0.508 e. The highest BCUT2D eigenvalue weighted by molar-refractivity contribution is 7.13. The van der Waals surface area contributed by atoms with Gasteiger partial charge in [0.2, 0.25) is 11.8 Å². The number of amides is 3. The first-order valence-corrected chi connectivity index (χ1v) is 30.8. The number of thiazole rings is 1. The molecule has 5 aliphatic heterocycles. The molecule has 5 aliphatic rings. The summed E-state index contributed by atoms with van der Waals surface area (Å²) >= 11 is 1.58. The Morgan fingerprint density at radius 2 is 1.68 bits per heavy atom. The Balaban J connectivity index is 0.636. The van der Waals surface area contributed by atoms with E-state index in [0.717, 1.165) is 63.7 Å². The summed E-state index contributed by atoms with van der Waals surface area (Å²) in [5, 5.41) is 34.6. The minimum Gasteiger partial charge on any atom is -0.508 e. The lowest BCUT2D eigenvalue weighted by molar-refractivity contribution is -0.141.